The van der Waals surface area contributed by atoms with Gasteiger partial charge in [-0.3, -0.25) is 0 Å². The summed E-state index contributed by atoms with van der Waals surface area (Å²) in [6, 6.07) is 1.93. The third-order valence-electron chi connectivity index (χ3n) is 3.35. The summed E-state index contributed by atoms with van der Waals surface area (Å²) in [6.07, 6.45) is 1.67. The summed E-state index contributed by atoms with van der Waals surface area (Å²) in [5.74, 6) is 0.675. The predicted octanol–water partition coefficient (Wildman–Crippen LogP) is 3.25. The molecule has 0 aromatic carbocycles. The SMILES string of the molecule is Cc1cc(NCC2CCCN2C(=O)OC(C)(C)C)nc(Cl)n1. The first kappa shape index (κ1) is 16.8. The summed E-state index contributed by atoms with van der Waals surface area (Å²) in [6.45, 7) is 8.83. The number of hydrogen-bond donors (Lipinski definition) is 1. The molecule has 2 rings (SSSR count). The van der Waals surface area contributed by atoms with Crippen LogP contribution in [-0.2, 0) is 4.74 Å². The number of carbonyl (C=O) groups is 1. The number of carbonyl (C=O) groups excluding carboxylic acids is 1. The second-order valence-electron chi connectivity index (χ2n) is 6.51. The van der Waals surface area contributed by atoms with Gasteiger partial charge in [-0.2, -0.15) is 0 Å². The van der Waals surface area contributed by atoms with Gasteiger partial charge >= 0.3 is 6.09 Å². The van der Waals surface area contributed by atoms with Crippen LogP contribution < -0.4 is 5.32 Å². The number of aromatic nitrogens is 2. The summed E-state index contributed by atoms with van der Waals surface area (Å²) in [5, 5.41) is 3.45. The maximum Gasteiger partial charge on any atom is 0.410 e. The molecule has 1 unspecified atom stereocenters. The minimum absolute atomic E-state index is 0.101. The molecule has 1 fully saturated rings. The molecule has 7 heteroatoms. The van der Waals surface area contributed by atoms with E-state index in [4.69, 9.17) is 16.3 Å². The first-order valence-corrected chi connectivity index (χ1v) is 7.87. The van der Waals surface area contributed by atoms with Gasteiger partial charge in [0.1, 0.15) is 11.4 Å². The number of ether oxygens (including phenoxy) is 1. The molecular weight excluding hydrogens is 304 g/mol. The van der Waals surface area contributed by atoms with Gasteiger partial charge in [0.2, 0.25) is 5.28 Å². The molecule has 1 saturated heterocycles. The molecular formula is C15H23ClN4O2. The number of halogens is 1. The molecule has 1 aromatic heterocycles. The number of aryl methyl sites for hydroxylation is 1. The highest BCUT2D eigenvalue weighted by Crippen LogP contribution is 2.21. The largest absolute Gasteiger partial charge is 0.444 e. The van der Waals surface area contributed by atoms with Crippen LogP contribution in [0.3, 0.4) is 0 Å². The Balaban J connectivity index is 1.95. The van der Waals surface area contributed by atoms with Crippen LogP contribution in [0.4, 0.5) is 10.6 Å². The van der Waals surface area contributed by atoms with E-state index >= 15 is 0 Å². The van der Waals surface area contributed by atoms with Gasteiger partial charge in [-0.15, -0.1) is 0 Å². The molecule has 1 N–H and O–H groups in total. The summed E-state index contributed by atoms with van der Waals surface area (Å²) >= 11 is 5.85. The molecule has 0 bridgehead atoms. The van der Waals surface area contributed by atoms with E-state index in [0.717, 1.165) is 25.1 Å². The third-order valence-corrected chi connectivity index (χ3v) is 3.52. The number of rotatable bonds is 3. The van der Waals surface area contributed by atoms with Crippen LogP contribution in [-0.4, -0.2) is 45.7 Å². The summed E-state index contributed by atoms with van der Waals surface area (Å²) in [7, 11) is 0. The summed E-state index contributed by atoms with van der Waals surface area (Å²) < 4.78 is 5.45. The fourth-order valence-electron chi connectivity index (χ4n) is 2.45. The number of anilines is 1. The molecule has 0 saturated carbocycles. The summed E-state index contributed by atoms with van der Waals surface area (Å²) in [5.41, 5.74) is 0.326. The van der Waals surface area contributed by atoms with Gasteiger partial charge in [0.25, 0.3) is 0 Å². The molecule has 6 nitrogen and oxygen atoms in total. The number of amides is 1. The van der Waals surface area contributed by atoms with Crippen LogP contribution in [0.15, 0.2) is 6.07 Å². The fourth-order valence-corrected chi connectivity index (χ4v) is 2.68. The molecule has 1 amide bonds. The standard InChI is InChI=1S/C15H23ClN4O2/c1-10-8-12(19-13(16)18-10)17-9-11-6-5-7-20(11)14(21)22-15(2,3)4/h8,11H,5-7,9H2,1-4H3,(H,17,18,19). The highest BCUT2D eigenvalue weighted by atomic mass is 35.5. The lowest BCUT2D eigenvalue weighted by molar-refractivity contribution is 0.0235. The van der Waals surface area contributed by atoms with Gasteiger partial charge in [-0.1, -0.05) is 0 Å². The van der Waals surface area contributed by atoms with E-state index in [-0.39, 0.29) is 17.4 Å². The van der Waals surface area contributed by atoms with Gasteiger partial charge in [-0.25, -0.2) is 14.8 Å². The van der Waals surface area contributed by atoms with Crippen LogP contribution in [0.2, 0.25) is 5.28 Å². The van der Waals surface area contributed by atoms with Crippen molar-refractivity contribution in [3.8, 4) is 0 Å². The summed E-state index contributed by atoms with van der Waals surface area (Å²) in [4.78, 5) is 22.2. The monoisotopic (exact) mass is 326 g/mol. The molecule has 0 aliphatic carbocycles. The Morgan fingerprint density at radius 1 is 1.50 bits per heavy atom. The molecule has 1 aliphatic heterocycles. The van der Waals surface area contributed by atoms with Crippen LogP contribution >= 0.6 is 11.6 Å². The maximum atomic E-state index is 12.2. The van der Waals surface area contributed by atoms with Crippen LogP contribution in [0.25, 0.3) is 0 Å². The zero-order valence-corrected chi connectivity index (χ0v) is 14.3. The molecule has 0 radical (unpaired) electrons. The third kappa shape index (κ3) is 4.73. The maximum absolute atomic E-state index is 12.2. The zero-order valence-electron chi connectivity index (χ0n) is 13.5. The number of nitrogens with one attached hydrogen (secondary N) is 1. The van der Waals surface area contributed by atoms with Crippen LogP contribution in [0.1, 0.15) is 39.3 Å². The Morgan fingerprint density at radius 3 is 2.86 bits per heavy atom. The zero-order chi connectivity index (χ0) is 16.3. The van der Waals surface area contributed by atoms with Crippen molar-refractivity contribution in [1.29, 1.82) is 0 Å². The van der Waals surface area contributed by atoms with Gasteiger partial charge in [0, 0.05) is 24.8 Å². The van der Waals surface area contributed by atoms with Gasteiger partial charge in [0.15, 0.2) is 0 Å². The Hall–Kier alpha value is -1.56. The molecule has 122 valence electrons. The molecule has 1 aliphatic rings. The Morgan fingerprint density at radius 2 is 2.23 bits per heavy atom. The number of nitrogens with zero attached hydrogens (tertiary/aromatic N) is 3. The topological polar surface area (TPSA) is 67.4 Å². The van der Waals surface area contributed by atoms with Crippen molar-refractivity contribution in [2.45, 2.75) is 52.2 Å². The minimum atomic E-state index is -0.477. The van der Waals surface area contributed by atoms with E-state index in [1.54, 1.807) is 4.90 Å². The Bertz CT molecular complexity index is 525. The predicted molar refractivity (Wildman–Crippen MR) is 86.2 cm³/mol. The van der Waals surface area contributed by atoms with Crippen LogP contribution in [0, 0.1) is 6.92 Å². The van der Waals surface area contributed by atoms with Crippen molar-refractivity contribution < 1.29 is 9.53 Å². The quantitative estimate of drug-likeness (QED) is 0.864. The fraction of sp³-hybridized carbons (Fsp3) is 0.667. The molecule has 1 aromatic rings. The van der Waals surface area contributed by atoms with Crippen molar-refractivity contribution in [2.75, 3.05) is 18.4 Å². The molecule has 22 heavy (non-hydrogen) atoms. The molecule has 2 heterocycles. The van der Waals surface area contributed by atoms with Crippen molar-refractivity contribution in [1.82, 2.24) is 14.9 Å². The number of hydrogen-bond acceptors (Lipinski definition) is 5. The lowest BCUT2D eigenvalue weighted by Gasteiger charge is -2.28. The normalized spacial score (nSPS) is 18.4. The smallest absolute Gasteiger partial charge is 0.410 e. The first-order valence-electron chi connectivity index (χ1n) is 7.49. The average Bonchev–Trinajstić information content (AvgIpc) is 2.81. The van der Waals surface area contributed by atoms with E-state index in [1.165, 1.54) is 0 Å². The second-order valence-corrected chi connectivity index (χ2v) is 6.85. The highest BCUT2D eigenvalue weighted by Gasteiger charge is 2.31. The molecule has 1 atom stereocenters. The number of likely N-dealkylation sites (tertiary alicyclic amines) is 1. The van der Waals surface area contributed by atoms with E-state index in [9.17, 15) is 4.79 Å². The van der Waals surface area contributed by atoms with E-state index in [2.05, 4.69) is 15.3 Å². The first-order chi connectivity index (χ1) is 10.2. The second kappa shape index (κ2) is 6.69. The van der Waals surface area contributed by atoms with E-state index in [0.29, 0.717) is 12.4 Å². The Labute approximate surface area is 136 Å². The minimum Gasteiger partial charge on any atom is -0.444 e. The highest BCUT2D eigenvalue weighted by molar-refractivity contribution is 6.28. The lowest BCUT2D eigenvalue weighted by atomic mass is 10.2. The lowest BCUT2D eigenvalue weighted by Crippen LogP contribution is -2.42. The van der Waals surface area contributed by atoms with E-state index < -0.39 is 5.60 Å². The van der Waals surface area contributed by atoms with E-state index in [1.807, 2.05) is 33.8 Å². The van der Waals surface area contributed by atoms with Crippen molar-refractivity contribution >= 4 is 23.5 Å². The van der Waals surface area contributed by atoms with Crippen molar-refractivity contribution in [2.24, 2.45) is 0 Å². The van der Waals surface area contributed by atoms with Gasteiger partial charge in [0.05, 0.1) is 6.04 Å². The van der Waals surface area contributed by atoms with Crippen molar-refractivity contribution in [3.05, 3.63) is 17.0 Å². The van der Waals surface area contributed by atoms with Gasteiger partial charge < -0.3 is 15.0 Å². The molecule has 0 spiro atoms. The van der Waals surface area contributed by atoms with Crippen molar-refractivity contribution in [3.63, 3.8) is 0 Å². The average molecular weight is 327 g/mol. The van der Waals surface area contributed by atoms with Crippen LogP contribution in [0.5, 0.6) is 0 Å². The van der Waals surface area contributed by atoms with Gasteiger partial charge in [-0.05, 0) is 52.1 Å². The Kier molecular flexibility index (Phi) is 5.11.